The molecule has 0 radical (unpaired) electrons. The van der Waals surface area contributed by atoms with Gasteiger partial charge in [0.15, 0.2) is 0 Å². The van der Waals surface area contributed by atoms with E-state index in [0.29, 0.717) is 5.56 Å². The molecule has 0 bridgehead atoms. The number of hydrogen-bond donors (Lipinski definition) is 0. The average Bonchev–Trinajstić information content (AvgIpc) is 2.64. The zero-order valence-electron chi connectivity index (χ0n) is 15.9. The molecule has 0 fully saturated rings. The Kier molecular flexibility index (Phi) is 7.21. The summed E-state index contributed by atoms with van der Waals surface area (Å²) in [5.74, 6) is -2.31. The highest BCUT2D eigenvalue weighted by atomic mass is 35.5. The molecule has 1 aromatic carbocycles. The Morgan fingerprint density at radius 2 is 1.54 bits per heavy atom. The molecule has 0 spiro atoms. The van der Waals surface area contributed by atoms with E-state index in [1.54, 1.807) is 45.9 Å². The fourth-order valence-electron chi connectivity index (χ4n) is 3.17. The highest BCUT2D eigenvalue weighted by molar-refractivity contribution is 6.42. The van der Waals surface area contributed by atoms with Gasteiger partial charge in [-0.15, -0.1) is 4.91 Å². The highest BCUT2D eigenvalue weighted by Gasteiger charge is 2.42. The van der Waals surface area contributed by atoms with Gasteiger partial charge in [0.2, 0.25) is 0 Å². The molecule has 1 heterocycles. The summed E-state index contributed by atoms with van der Waals surface area (Å²) in [7, 11) is 0. The average molecular weight is 427 g/mol. The van der Waals surface area contributed by atoms with Crippen molar-refractivity contribution in [2.24, 2.45) is 5.29 Å². The summed E-state index contributed by atoms with van der Waals surface area (Å²) in [5, 5.41) is 4.38. The first-order chi connectivity index (χ1) is 13.3. The molecule has 1 aliphatic heterocycles. The van der Waals surface area contributed by atoms with Gasteiger partial charge in [-0.25, -0.2) is 14.6 Å². The van der Waals surface area contributed by atoms with Gasteiger partial charge in [0.05, 0.1) is 57.0 Å². The van der Waals surface area contributed by atoms with Crippen LogP contribution in [0.1, 0.15) is 39.2 Å². The summed E-state index contributed by atoms with van der Waals surface area (Å²) in [6, 6.07) is 4.91. The summed E-state index contributed by atoms with van der Waals surface area (Å²) in [5.41, 5.74) is 1.03. The largest absolute Gasteiger partial charge is 0.463 e. The van der Waals surface area contributed by atoms with Crippen LogP contribution in [0.25, 0.3) is 0 Å². The third-order valence-corrected chi connectivity index (χ3v) is 5.19. The lowest BCUT2D eigenvalue weighted by Crippen LogP contribution is -2.33. The molecule has 0 aliphatic carbocycles. The van der Waals surface area contributed by atoms with Gasteiger partial charge in [-0.3, -0.25) is 0 Å². The van der Waals surface area contributed by atoms with E-state index in [1.807, 2.05) is 0 Å². The SMILES string of the molecule is CCOC(=O)C1=C(C)N(N=O)C(C)=C(C(=O)OCC)C1c1cccc(Cl)c1Cl. The topological polar surface area (TPSA) is 85.3 Å². The smallest absolute Gasteiger partial charge is 0.336 e. The molecule has 1 aromatic rings. The van der Waals surface area contributed by atoms with E-state index >= 15 is 0 Å². The number of nitrogens with zero attached hydrogens (tertiary/aromatic N) is 2. The minimum atomic E-state index is -0.928. The van der Waals surface area contributed by atoms with E-state index in [9.17, 15) is 14.5 Å². The molecule has 2 rings (SSSR count). The highest BCUT2D eigenvalue weighted by Crippen LogP contribution is 2.46. The number of carbonyl (C=O) groups is 2. The number of halogens is 2. The van der Waals surface area contributed by atoms with E-state index in [0.717, 1.165) is 5.01 Å². The monoisotopic (exact) mass is 426 g/mol. The van der Waals surface area contributed by atoms with Gasteiger partial charge in [-0.2, -0.15) is 0 Å². The van der Waals surface area contributed by atoms with Crippen LogP contribution in [0, 0.1) is 4.91 Å². The normalized spacial score (nSPS) is 15.0. The van der Waals surface area contributed by atoms with Gasteiger partial charge >= 0.3 is 11.9 Å². The lowest BCUT2D eigenvalue weighted by atomic mass is 9.80. The van der Waals surface area contributed by atoms with Crippen molar-refractivity contribution in [2.45, 2.75) is 33.6 Å². The van der Waals surface area contributed by atoms with Gasteiger partial charge in [0, 0.05) is 0 Å². The van der Waals surface area contributed by atoms with E-state index in [1.165, 1.54) is 0 Å². The molecule has 0 unspecified atom stereocenters. The van der Waals surface area contributed by atoms with Crippen molar-refractivity contribution in [3.63, 3.8) is 0 Å². The molecule has 7 nitrogen and oxygen atoms in total. The Bertz CT molecular complexity index is 837. The van der Waals surface area contributed by atoms with Crippen LogP contribution in [0.5, 0.6) is 0 Å². The number of carbonyl (C=O) groups excluding carboxylic acids is 2. The van der Waals surface area contributed by atoms with Crippen LogP contribution < -0.4 is 0 Å². The van der Waals surface area contributed by atoms with Gasteiger partial charge in [-0.1, -0.05) is 35.3 Å². The summed E-state index contributed by atoms with van der Waals surface area (Å²) < 4.78 is 10.3. The standard InChI is InChI=1S/C19H20Cl2N2O5/c1-5-27-18(24)14-10(3)23(22-26)11(4)15(19(25)28-6-2)16(14)12-8-7-9-13(20)17(12)21/h7-9,16H,5-6H2,1-4H3. The van der Waals surface area contributed by atoms with Crippen LogP contribution in [0.3, 0.4) is 0 Å². The number of esters is 2. The maximum absolute atomic E-state index is 12.8. The maximum atomic E-state index is 12.8. The predicted molar refractivity (Wildman–Crippen MR) is 106 cm³/mol. The van der Waals surface area contributed by atoms with Crippen LogP contribution in [-0.4, -0.2) is 30.2 Å². The first-order valence-corrected chi connectivity index (χ1v) is 9.38. The number of nitroso groups, excluding NO2 is 1. The van der Waals surface area contributed by atoms with Crippen LogP contribution in [0.4, 0.5) is 0 Å². The number of rotatable bonds is 6. The van der Waals surface area contributed by atoms with E-state index < -0.39 is 17.9 Å². The summed E-state index contributed by atoms with van der Waals surface area (Å²) in [4.78, 5) is 37.0. The minimum absolute atomic E-state index is 0.0688. The summed E-state index contributed by atoms with van der Waals surface area (Å²) in [6.45, 7) is 6.62. The van der Waals surface area contributed by atoms with Gasteiger partial charge < -0.3 is 9.47 Å². The Morgan fingerprint density at radius 3 is 1.96 bits per heavy atom. The quantitative estimate of drug-likeness (QED) is 0.481. The van der Waals surface area contributed by atoms with Crippen LogP contribution >= 0.6 is 23.2 Å². The molecule has 0 saturated heterocycles. The minimum Gasteiger partial charge on any atom is -0.463 e. The molecular formula is C19H20Cl2N2O5. The second kappa shape index (κ2) is 9.21. The van der Waals surface area contributed by atoms with Crippen molar-refractivity contribution < 1.29 is 19.1 Å². The molecule has 1 aliphatic rings. The zero-order chi connectivity index (χ0) is 21.0. The lowest BCUT2D eigenvalue weighted by molar-refractivity contribution is -0.139. The van der Waals surface area contributed by atoms with Crippen molar-refractivity contribution in [3.05, 3.63) is 61.3 Å². The Labute approximate surface area is 172 Å². The van der Waals surface area contributed by atoms with Gasteiger partial charge in [0.25, 0.3) is 0 Å². The molecule has 0 saturated carbocycles. The van der Waals surface area contributed by atoms with E-state index in [4.69, 9.17) is 32.7 Å². The lowest BCUT2D eigenvalue weighted by Gasteiger charge is -2.33. The van der Waals surface area contributed by atoms with Gasteiger partial charge in [0.1, 0.15) is 0 Å². The third kappa shape index (κ3) is 3.91. The molecule has 0 atom stereocenters. The fourth-order valence-corrected chi connectivity index (χ4v) is 3.58. The van der Waals surface area contributed by atoms with Gasteiger partial charge in [-0.05, 0) is 39.3 Å². The Balaban J connectivity index is 2.84. The van der Waals surface area contributed by atoms with Crippen LogP contribution in [0.2, 0.25) is 10.0 Å². The maximum Gasteiger partial charge on any atom is 0.336 e. The second-order valence-corrected chi connectivity index (χ2v) is 6.69. The number of hydrogen-bond acceptors (Lipinski definition) is 6. The molecule has 9 heteroatoms. The van der Waals surface area contributed by atoms with Crippen molar-refractivity contribution in [2.75, 3.05) is 13.2 Å². The second-order valence-electron chi connectivity index (χ2n) is 5.91. The zero-order valence-corrected chi connectivity index (χ0v) is 17.4. The summed E-state index contributed by atoms with van der Waals surface area (Å²) >= 11 is 12.6. The first kappa shape index (κ1) is 21.9. The Hall–Kier alpha value is -2.38. The molecule has 0 amide bonds. The predicted octanol–water partition coefficient (Wildman–Crippen LogP) is 4.75. The number of benzene rings is 1. The first-order valence-electron chi connectivity index (χ1n) is 8.63. The fraction of sp³-hybridized carbons (Fsp3) is 0.368. The van der Waals surface area contributed by atoms with Crippen molar-refractivity contribution >= 4 is 35.1 Å². The van der Waals surface area contributed by atoms with E-state index in [2.05, 4.69) is 5.29 Å². The van der Waals surface area contributed by atoms with Crippen LogP contribution in [-0.2, 0) is 19.1 Å². The number of allylic oxidation sites excluding steroid dienone is 2. The van der Waals surface area contributed by atoms with Crippen LogP contribution in [0.15, 0.2) is 46.0 Å². The summed E-state index contributed by atoms with van der Waals surface area (Å²) in [6.07, 6.45) is 0. The third-order valence-electron chi connectivity index (χ3n) is 4.36. The number of ether oxygens (including phenoxy) is 2. The molecular weight excluding hydrogens is 407 g/mol. The molecule has 28 heavy (non-hydrogen) atoms. The van der Waals surface area contributed by atoms with Crippen molar-refractivity contribution in [1.29, 1.82) is 0 Å². The van der Waals surface area contributed by atoms with E-state index in [-0.39, 0.29) is 45.8 Å². The van der Waals surface area contributed by atoms with Crippen molar-refractivity contribution in [1.82, 2.24) is 5.01 Å². The molecule has 0 N–H and O–H groups in total. The van der Waals surface area contributed by atoms with Crippen molar-refractivity contribution in [3.8, 4) is 0 Å². The molecule has 0 aromatic heterocycles. The molecule has 150 valence electrons. The Morgan fingerprint density at radius 1 is 1.04 bits per heavy atom.